The molecule has 0 fully saturated rings. The van der Waals surface area contributed by atoms with Crippen LogP contribution in [0.3, 0.4) is 0 Å². The Morgan fingerprint density at radius 2 is 1.53 bits per heavy atom. The Morgan fingerprint density at radius 3 is 2.15 bits per heavy atom. The van der Waals surface area contributed by atoms with Crippen LogP contribution >= 0.6 is 0 Å². The Labute approximate surface area is 198 Å². The standard InChI is InChI=1S/C27H21N3O3S/c31-27(25-17-30(18-28-25)34(32)33)23-13-7-12-19-14-15-22(16-24(19)23)29-26(20-8-3-1-4-9-20)21-10-5-2-6-11-21/h1-18,27,31,34H. The van der Waals surface area contributed by atoms with Crippen LogP contribution in [0.5, 0.6) is 0 Å². The predicted octanol–water partition coefficient (Wildman–Crippen LogP) is 4.66. The highest BCUT2D eigenvalue weighted by Gasteiger charge is 2.17. The maximum Gasteiger partial charge on any atom is 0.229 e. The van der Waals surface area contributed by atoms with E-state index in [2.05, 4.69) is 4.98 Å². The highest BCUT2D eigenvalue weighted by Crippen LogP contribution is 2.31. The number of aliphatic hydroxyl groups is 1. The second kappa shape index (κ2) is 9.43. The molecule has 168 valence electrons. The first-order chi connectivity index (χ1) is 16.6. The number of imidazole rings is 1. The topological polar surface area (TPSA) is 84.5 Å². The predicted molar refractivity (Wildman–Crippen MR) is 134 cm³/mol. The number of aliphatic hydroxyl groups excluding tert-OH is 1. The van der Waals surface area contributed by atoms with Gasteiger partial charge in [-0.05, 0) is 28.5 Å². The number of aromatic nitrogens is 2. The highest BCUT2D eigenvalue weighted by molar-refractivity contribution is 7.70. The van der Waals surface area contributed by atoms with Gasteiger partial charge in [-0.25, -0.2) is 22.4 Å². The fraction of sp³-hybridized carbons (Fsp3) is 0.0370. The van der Waals surface area contributed by atoms with Crippen molar-refractivity contribution in [2.75, 3.05) is 0 Å². The maximum atomic E-state index is 11.2. The van der Waals surface area contributed by atoms with Gasteiger partial charge in [-0.1, -0.05) is 84.9 Å². The number of benzene rings is 4. The van der Waals surface area contributed by atoms with E-state index in [9.17, 15) is 13.5 Å². The largest absolute Gasteiger partial charge is 0.382 e. The summed E-state index contributed by atoms with van der Waals surface area (Å²) < 4.78 is 23.4. The molecule has 0 amide bonds. The lowest BCUT2D eigenvalue weighted by Crippen LogP contribution is -2.03. The molecule has 0 aliphatic carbocycles. The molecule has 1 N–H and O–H groups in total. The number of hydrogen-bond donors (Lipinski definition) is 2. The third-order valence-corrected chi connectivity index (χ3v) is 6.18. The van der Waals surface area contributed by atoms with Crippen molar-refractivity contribution in [3.8, 4) is 0 Å². The van der Waals surface area contributed by atoms with E-state index in [-0.39, 0.29) is 5.69 Å². The zero-order chi connectivity index (χ0) is 23.5. The van der Waals surface area contributed by atoms with Crippen molar-refractivity contribution >= 4 is 33.1 Å². The Hall–Kier alpha value is -4.07. The minimum absolute atomic E-state index is 0.259. The van der Waals surface area contributed by atoms with Gasteiger partial charge in [0.25, 0.3) is 0 Å². The summed E-state index contributed by atoms with van der Waals surface area (Å²) in [4.78, 5) is 9.06. The fourth-order valence-corrected chi connectivity index (χ4v) is 4.28. The zero-order valence-electron chi connectivity index (χ0n) is 18.0. The van der Waals surface area contributed by atoms with Gasteiger partial charge in [0.2, 0.25) is 10.9 Å². The molecule has 1 aromatic heterocycles. The van der Waals surface area contributed by atoms with Crippen molar-refractivity contribution in [3.63, 3.8) is 0 Å². The molecule has 0 bridgehead atoms. The van der Waals surface area contributed by atoms with Gasteiger partial charge in [-0.2, -0.15) is 0 Å². The van der Waals surface area contributed by atoms with Crippen LogP contribution in [-0.4, -0.2) is 28.2 Å². The number of hydrogen-bond acceptors (Lipinski definition) is 5. The molecular formula is C27H21N3O3S. The first-order valence-corrected chi connectivity index (χ1v) is 11.8. The summed E-state index contributed by atoms with van der Waals surface area (Å²) in [6.45, 7) is 0. The van der Waals surface area contributed by atoms with E-state index in [1.165, 1.54) is 12.5 Å². The molecule has 1 heterocycles. The fourth-order valence-electron chi connectivity index (χ4n) is 3.93. The Bertz CT molecular complexity index is 1510. The van der Waals surface area contributed by atoms with E-state index in [4.69, 9.17) is 4.99 Å². The lowest BCUT2D eigenvalue weighted by Gasteiger charge is -2.13. The van der Waals surface area contributed by atoms with E-state index < -0.39 is 17.0 Å². The number of thiol groups is 1. The average Bonchev–Trinajstić information content (AvgIpc) is 3.38. The second-order valence-electron chi connectivity index (χ2n) is 7.76. The third-order valence-electron chi connectivity index (χ3n) is 5.59. The van der Waals surface area contributed by atoms with Crippen LogP contribution in [0.15, 0.2) is 115 Å². The molecule has 5 aromatic rings. The lowest BCUT2D eigenvalue weighted by molar-refractivity contribution is 0.217. The van der Waals surface area contributed by atoms with E-state index in [0.29, 0.717) is 5.56 Å². The molecule has 34 heavy (non-hydrogen) atoms. The molecule has 1 unspecified atom stereocenters. The molecule has 0 spiro atoms. The first-order valence-electron chi connectivity index (χ1n) is 10.7. The molecule has 0 saturated heterocycles. The molecule has 4 aromatic carbocycles. The van der Waals surface area contributed by atoms with Gasteiger partial charge < -0.3 is 5.11 Å². The van der Waals surface area contributed by atoms with E-state index in [0.717, 1.165) is 37.3 Å². The molecule has 0 saturated carbocycles. The van der Waals surface area contributed by atoms with E-state index >= 15 is 0 Å². The van der Waals surface area contributed by atoms with Crippen molar-refractivity contribution in [3.05, 3.63) is 132 Å². The minimum atomic E-state index is -2.84. The summed E-state index contributed by atoms with van der Waals surface area (Å²) in [6.07, 6.45) is 1.42. The molecule has 0 aliphatic heterocycles. The molecule has 0 radical (unpaired) electrons. The van der Waals surface area contributed by atoms with Crippen LogP contribution in [0.2, 0.25) is 0 Å². The summed E-state index contributed by atoms with van der Waals surface area (Å²) in [7, 11) is -2.84. The summed E-state index contributed by atoms with van der Waals surface area (Å²) >= 11 is 0. The van der Waals surface area contributed by atoms with E-state index in [1.54, 1.807) is 0 Å². The van der Waals surface area contributed by atoms with Gasteiger partial charge in [0.1, 0.15) is 12.4 Å². The number of rotatable bonds is 6. The summed E-state index contributed by atoms with van der Waals surface area (Å²) in [5, 5.41) is 12.8. The van der Waals surface area contributed by atoms with Gasteiger partial charge in [0.15, 0.2) is 0 Å². The first kappa shape index (κ1) is 21.8. The highest BCUT2D eigenvalue weighted by atomic mass is 32.2. The molecule has 6 nitrogen and oxygen atoms in total. The van der Waals surface area contributed by atoms with Gasteiger partial charge in [-0.15, -0.1) is 0 Å². The summed E-state index contributed by atoms with van der Waals surface area (Å²) in [5.41, 5.74) is 4.47. The van der Waals surface area contributed by atoms with Crippen LogP contribution in [0.25, 0.3) is 10.8 Å². The Kier molecular flexibility index (Phi) is 6.03. The monoisotopic (exact) mass is 467 g/mol. The summed E-state index contributed by atoms with van der Waals surface area (Å²) in [5.74, 6) is 0. The maximum absolute atomic E-state index is 11.2. The van der Waals surface area contributed by atoms with Crippen LogP contribution in [0.1, 0.15) is 28.5 Å². The third kappa shape index (κ3) is 4.39. The number of aliphatic imine (C=N–C) groups is 1. The van der Waals surface area contributed by atoms with Crippen LogP contribution < -0.4 is 0 Å². The van der Waals surface area contributed by atoms with Crippen LogP contribution in [-0.2, 0) is 10.9 Å². The molecule has 0 aliphatic rings. The van der Waals surface area contributed by atoms with Crippen LogP contribution in [0, 0.1) is 0 Å². The number of fused-ring (bicyclic) bond motifs is 1. The molecule has 5 rings (SSSR count). The van der Waals surface area contributed by atoms with Crippen molar-refractivity contribution in [1.29, 1.82) is 0 Å². The quantitative estimate of drug-likeness (QED) is 0.281. The van der Waals surface area contributed by atoms with Crippen molar-refractivity contribution in [2.45, 2.75) is 6.10 Å². The van der Waals surface area contributed by atoms with Crippen molar-refractivity contribution < 1.29 is 13.5 Å². The SMILES string of the molecule is O=[SH](=O)n1cnc(C(O)c2cccc3ccc(N=C(c4ccccc4)c4ccccc4)cc23)c1. The molecule has 1 atom stereocenters. The van der Waals surface area contributed by atoms with E-state index in [1.807, 2.05) is 97.1 Å². The second-order valence-corrected chi connectivity index (χ2v) is 8.70. The van der Waals surface area contributed by atoms with Gasteiger partial charge in [0.05, 0.1) is 17.1 Å². The van der Waals surface area contributed by atoms with Crippen molar-refractivity contribution in [2.24, 2.45) is 4.99 Å². The molecular weight excluding hydrogens is 446 g/mol. The zero-order valence-corrected chi connectivity index (χ0v) is 18.9. The average molecular weight is 468 g/mol. The van der Waals surface area contributed by atoms with Gasteiger partial charge >= 0.3 is 0 Å². The molecule has 7 heteroatoms. The van der Waals surface area contributed by atoms with Gasteiger partial charge in [0, 0.05) is 17.3 Å². The van der Waals surface area contributed by atoms with Crippen LogP contribution in [0.4, 0.5) is 5.69 Å². The Balaban J connectivity index is 1.62. The normalized spacial score (nSPS) is 12.1. The minimum Gasteiger partial charge on any atom is -0.382 e. The lowest BCUT2D eigenvalue weighted by atomic mass is 9.98. The van der Waals surface area contributed by atoms with Crippen molar-refractivity contribution in [1.82, 2.24) is 8.96 Å². The number of nitrogens with zero attached hydrogens (tertiary/aromatic N) is 3. The smallest absolute Gasteiger partial charge is 0.229 e. The Morgan fingerprint density at radius 1 is 0.853 bits per heavy atom. The summed E-state index contributed by atoms with van der Waals surface area (Å²) in [6, 6.07) is 31.5. The van der Waals surface area contributed by atoms with Gasteiger partial charge in [-0.3, -0.25) is 0 Å².